The Balaban J connectivity index is 1.54. The molecule has 0 unspecified atom stereocenters. The molecule has 2 fully saturated rings. The molecule has 1 aromatic rings. The molecule has 132 valence electrons. The Labute approximate surface area is 144 Å². The molecule has 1 aromatic carbocycles. The summed E-state index contributed by atoms with van der Waals surface area (Å²) in [6.07, 6.45) is 7.61. The Hall–Kier alpha value is -1.55. The van der Waals surface area contributed by atoms with Crippen LogP contribution in [0.25, 0.3) is 0 Å². The predicted molar refractivity (Wildman–Crippen MR) is 93.9 cm³/mol. The number of carbonyl (C=O) groups is 1. The van der Waals surface area contributed by atoms with Crippen molar-refractivity contribution in [3.05, 3.63) is 29.8 Å². The van der Waals surface area contributed by atoms with E-state index in [1.807, 2.05) is 17.0 Å². The fourth-order valence-electron chi connectivity index (χ4n) is 3.47. The van der Waals surface area contributed by atoms with Gasteiger partial charge in [0, 0.05) is 19.5 Å². The maximum absolute atomic E-state index is 12.7. The number of hydrogen-bond acceptors (Lipinski definition) is 3. The zero-order chi connectivity index (χ0) is 16.9. The van der Waals surface area contributed by atoms with Gasteiger partial charge in [0.05, 0.1) is 12.2 Å². The highest BCUT2D eigenvalue weighted by molar-refractivity contribution is 5.76. The number of rotatable bonds is 7. The normalized spacial score (nSPS) is 24.1. The van der Waals surface area contributed by atoms with Crippen LogP contribution in [0.3, 0.4) is 0 Å². The SMILES string of the molecule is CCCC[C@@H]1CN(C(=O)CCc2ccc(O)cc2)C[C@H](C2CC2)O1. The van der Waals surface area contributed by atoms with E-state index in [0.29, 0.717) is 12.3 Å². The molecule has 2 aliphatic rings. The van der Waals surface area contributed by atoms with Gasteiger partial charge in [0.15, 0.2) is 0 Å². The number of phenolic OH excluding ortho intramolecular Hbond substituents is 1. The molecule has 1 aliphatic heterocycles. The van der Waals surface area contributed by atoms with Crippen LogP contribution >= 0.6 is 0 Å². The van der Waals surface area contributed by atoms with Crippen LogP contribution in [0, 0.1) is 5.92 Å². The summed E-state index contributed by atoms with van der Waals surface area (Å²) >= 11 is 0. The summed E-state index contributed by atoms with van der Waals surface area (Å²) in [4.78, 5) is 14.7. The van der Waals surface area contributed by atoms with E-state index in [9.17, 15) is 9.90 Å². The van der Waals surface area contributed by atoms with Crippen LogP contribution in [-0.2, 0) is 16.0 Å². The topological polar surface area (TPSA) is 49.8 Å². The maximum Gasteiger partial charge on any atom is 0.223 e. The van der Waals surface area contributed by atoms with Crippen LogP contribution in [0.1, 0.15) is 51.0 Å². The van der Waals surface area contributed by atoms with Gasteiger partial charge in [-0.05, 0) is 49.3 Å². The van der Waals surface area contributed by atoms with Crippen LogP contribution in [0.15, 0.2) is 24.3 Å². The molecular formula is C20H29NO3. The molecule has 0 bridgehead atoms. The van der Waals surface area contributed by atoms with Crippen LogP contribution in [0.2, 0.25) is 0 Å². The Morgan fingerprint density at radius 2 is 2.00 bits per heavy atom. The highest BCUT2D eigenvalue weighted by Gasteiger charge is 2.39. The Morgan fingerprint density at radius 1 is 1.25 bits per heavy atom. The van der Waals surface area contributed by atoms with Crippen molar-refractivity contribution in [1.29, 1.82) is 0 Å². The van der Waals surface area contributed by atoms with E-state index in [-0.39, 0.29) is 23.9 Å². The van der Waals surface area contributed by atoms with Crippen molar-refractivity contribution in [2.24, 2.45) is 5.92 Å². The molecule has 1 amide bonds. The molecule has 0 aromatic heterocycles. The monoisotopic (exact) mass is 331 g/mol. The number of unbranched alkanes of at least 4 members (excludes halogenated alkanes) is 1. The summed E-state index contributed by atoms with van der Waals surface area (Å²) in [6.45, 7) is 3.71. The number of aryl methyl sites for hydroxylation is 1. The second-order valence-electron chi connectivity index (χ2n) is 7.24. The van der Waals surface area contributed by atoms with E-state index in [4.69, 9.17) is 4.74 Å². The third-order valence-corrected chi connectivity index (χ3v) is 5.14. The van der Waals surface area contributed by atoms with Gasteiger partial charge >= 0.3 is 0 Å². The zero-order valence-corrected chi connectivity index (χ0v) is 14.6. The lowest BCUT2D eigenvalue weighted by molar-refractivity contribution is -0.148. The van der Waals surface area contributed by atoms with E-state index in [2.05, 4.69) is 6.92 Å². The van der Waals surface area contributed by atoms with Crippen molar-refractivity contribution in [3.8, 4) is 5.75 Å². The molecule has 1 heterocycles. The van der Waals surface area contributed by atoms with Gasteiger partial charge < -0.3 is 14.7 Å². The molecule has 4 nitrogen and oxygen atoms in total. The van der Waals surface area contributed by atoms with Crippen molar-refractivity contribution in [3.63, 3.8) is 0 Å². The van der Waals surface area contributed by atoms with Crippen molar-refractivity contribution in [2.45, 2.75) is 64.1 Å². The third kappa shape index (κ3) is 4.73. The summed E-state index contributed by atoms with van der Waals surface area (Å²) in [7, 11) is 0. The highest BCUT2D eigenvalue weighted by Crippen LogP contribution is 2.37. The van der Waals surface area contributed by atoms with Gasteiger partial charge in [-0.3, -0.25) is 4.79 Å². The van der Waals surface area contributed by atoms with E-state index in [0.717, 1.165) is 37.9 Å². The first-order valence-corrected chi connectivity index (χ1v) is 9.37. The standard InChI is InChI=1S/C20H29NO3/c1-2-3-4-18-13-21(14-19(24-18)16-8-9-16)20(23)12-7-15-5-10-17(22)11-6-15/h5-6,10-11,16,18-19,22H,2-4,7-9,12-14H2,1H3/t18-,19-/m1/s1. The fourth-order valence-corrected chi connectivity index (χ4v) is 3.47. The Bertz CT molecular complexity index is 538. The Morgan fingerprint density at radius 3 is 2.67 bits per heavy atom. The minimum Gasteiger partial charge on any atom is -0.508 e. The quantitative estimate of drug-likeness (QED) is 0.831. The lowest BCUT2D eigenvalue weighted by Gasteiger charge is -2.38. The predicted octanol–water partition coefficient (Wildman–Crippen LogP) is 3.52. The van der Waals surface area contributed by atoms with Crippen molar-refractivity contribution >= 4 is 5.91 Å². The lowest BCUT2D eigenvalue weighted by atomic mass is 10.0. The molecule has 4 heteroatoms. The fraction of sp³-hybridized carbons (Fsp3) is 0.650. The van der Waals surface area contributed by atoms with Crippen LogP contribution in [-0.4, -0.2) is 41.2 Å². The van der Waals surface area contributed by atoms with Crippen molar-refractivity contribution in [2.75, 3.05) is 13.1 Å². The molecule has 1 saturated carbocycles. The first-order valence-electron chi connectivity index (χ1n) is 9.37. The van der Waals surface area contributed by atoms with Gasteiger partial charge in [0.25, 0.3) is 0 Å². The van der Waals surface area contributed by atoms with Gasteiger partial charge in [-0.1, -0.05) is 31.9 Å². The van der Waals surface area contributed by atoms with Gasteiger partial charge in [-0.15, -0.1) is 0 Å². The van der Waals surface area contributed by atoms with E-state index < -0.39 is 0 Å². The second kappa shape index (κ2) is 8.02. The molecule has 1 aliphatic carbocycles. The maximum atomic E-state index is 12.7. The van der Waals surface area contributed by atoms with Crippen molar-refractivity contribution < 1.29 is 14.6 Å². The number of phenols is 1. The number of benzene rings is 1. The number of aromatic hydroxyl groups is 1. The molecular weight excluding hydrogens is 302 g/mol. The third-order valence-electron chi connectivity index (χ3n) is 5.14. The minimum atomic E-state index is 0.210. The van der Waals surface area contributed by atoms with E-state index in [1.165, 1.54) is 19.3 Å². The van der Waals surface area contributed by atoms with E-state index in [1.54, 1.807) is 12.1 Å². The van der Waals surface area contributed by atoms with Crippen molar-refractivity contribution in [1.82, 2.24) is 4.90 Å². The van der Waals surface area contributed by atoms with Gasteiger partial charge in [-0.2, -0.15) is 0 Å². The molecule has 0 spiro atoms. The van der Waals surface area contributed by atoms with Crippen LogP contribution in [0.5, 0.6) is 5.75 Å². The first-order chi connectivity index (χ1) is 11.7. The number of hydrogen-bond donors (Lipinski definition) is 1. The average molecular weight is 331 g/mol. The van der Waals surface area contributed by atoms with Gasteiger partial charge in [0.1, 0.15) is 5.75 Å². The number of carbonyl (C=O) groups excluding carboxylic acids is 1. The molecule has 2 atom stereocenters. The lowest BCUT2D eigenvalue weighted by Crippen LogP contribution is -2.50. The average Bonchev–Trinajstić information content (AvgIpc) is 3.44. The van der Waals surface area contributed by atoms with Crippen LogP contribution in [0.4, 0.5) is 0 Å². The summed E-state index contributed by atoms with van der Waals surface area (Å²) in [6, 6.07) is 7.13. The summed E-state index contributed by atoms with van der Waals surface area (Å²) in [5.74, 6) is 1.17. The number of ether oxygens (including phenoxy) is 1. The van der Waals surface area contributed by atoms with Crippen LogP contribution < -0.4 is 0 Å². The largest absolute Gasteiger partial charge is 0.508 e. The summed E-state index contributed by atoms with van der Waals surface area (Å²) < 4.78 is 6.25. The highest BCUT2D eigenvalue weighted by atomic mass is 16.5. The molecule has 3 rings (SSSR count). The zero-order valence-electron chi connectivity index (χ0n) is 14.6. The summed E-state index contributed by atoms with van der Waals surface area (Å²) in [5.41, 5.74) is 1.09. The first kappa shape index (κ1) is 17.3. The van der Waals surface area contributed by atoms with Gasteiger partial charge in [-0.25, -0.2) is 0 Å². The number of amides is 1. The number of morpholine rings is 1. The Kier molecular flexibility index (Phi) is 5.77. The molecule has 1 N–H and O–H groups in total. The van der Waals surface area contributed by atoms with Gasteiger partial charge in [0.2, 0.25) is 5.91 Å². The van der Waals surface area contributed by atoms with E-state index >= 15 is 0 Å². The second-order valence-corrected chi connectivity index (χ2v) is 7.24. The minimum absolute atomic E-state index is 0.210. The molecule has 1 saturated heterocycles. The number of nitrogens with zero attached hydrogens (tertiary/aromatic N) is 1. The molecule has 24 heavy (non-hydrogen) atoms. The molecule has 0 radical (unpaired) electrons. The smallest absolute Gasteiger partial charge is 0.223 e. The summed E-state index contributed by atoms with van der Waals surface area (Å²) in [5, 5.41) is 9.34.